The molecular weight excluding hydrogens is 281 g/mol. The molecule has 21 heavy (non-hydrogen) atoms. The van der Waals surface area contributed by atoms with Gasteiger partial charge in [-0.1, -0.05) is 6.92 Å². The largest absolute Gasteiger partial charge is 0.394 e. The Labute approximate surface area is 120 Å². The van der Waals surface area contributed by atoms with Crippen molar-refractivity contribution in [3.63, 3.8) is 0 Å². The molecule has 0 bridgehead atoms. The number of rotatable bonds is 5. The van der Waals surface area contributed by atoms with Gasteiger partial charge in [-0.05, 0) is 19.3 Å². The molecule has 116 valence electrons. The SMILES string of the molecule is CCCC(=O)Nc1nc(=O)n([C@H]2CC[C@@H](CO)O2)cc1F. The molecule has 0 unspecified atom stereocenters. The van der Waals surface area contributed by atoms with Crippen LogP contribution in [0.2, 0.25) is 0 Å². The van der Waals surface area contributed by atoms with Gasteiger partial charge in [-0.2, -0.15) is 4.98 Å². The van der Waals surface area contributed by atoms with E-state index in [1.165, 1.54) is 0 Å². The highest BCUT2D eigenvalue weighted by Gasteiger charge is 2.27. The van der Waals surface area contributed by atoms with Gasteiger partial charge in [0.25, 0.3) is 0 Å². The number of carbonyl (C=O) groups excluding carboxylic acids is 1. The smallest absolute Gasteiger partial charge is 0.351 e. The summed E-state index contributed by atoms with van der Waals surface area (Å²) in [6, 6.07) is 0. The van der Waals surface area contributed by atoms with Crippen molar-refractivity contribution in [2.24, 2.45) is 0 Å². The van der Waals surface area contributed by atoms with E-state index in [0.29, 0.717) is 19.3 Å². The van der Waals surface area contributed by atoms with Crippen LogP contribution in [0.5, 0.6) is 0 Å². The molecule has 1 saturated heterocycles. The number of aliphatic hydroxyl groups is 1. The summed E-state index contributed by atoms with van der Waals surface area (Å²) in [5.41, 5.74) is -0.702. The first-order valence-corrected chi connectivity index (χ1v) is 6.90. The van der Waals surface area contributed by atoms with Gasteiger partial charge in [0.05, 0.1) is 18.9 Å². The summed E-state index contributed by atoms with van der Waals surface area (Å²) >= 11 is 0. The van der Waals surface area contributed by atoms with Gasteiger partial charge in [0.1, 0.15) is 6.23 Å². The standard InChI is InChI=1S/C13H18FN3O4/c1-2-3-10(19)15-12-9(14)6-17(13(20)16-12)11-5-4-8(7-18)21-11/h6,8,11,18H,2-5,7H2,1H3,(H,15,16,19,20)/t8-,11+/m0/s1. The minimum absolute atomic E-state index is 0.147. The van der Waals surface area contributed by atoms with Gasteiger partial charge in [-0.25, -0.2) is 9.18 Å². The number of anilines is 1. The third-order valence-corrected chi connectivity index (χ3v) is 3.24. The van der Waals surface area contributed by atoms with E-state index in [0.717, 1.165) is 10.8 Å². The normalized spacial score (nSPS) is 21.5. The number of halogens is 1. The number of amides is 1. The Morgan fingerprint density at radius 1 is 1.62 bits per heavy atom. The molecule has 1 aliphatic heterocycles. The molecule has 8 heteroatoms. The van der Waals surface area contributed by atoms with Crippen LogP contribution >= 0.6 is 0 Å². The van der Waals surface area contributed by atoms with Crippen LogP contribution in [-0.4, -0.2) is 33.3 Å². The molecule has 2 atom stereocenters. The molecule has 1 fully saturated rings. The maximum Gasteiger partial charge on any atom is 0.351 e. The summed E-state index contributed by atoms with van der Waals surface area (Å²) in [4.78, 5) is 26.9. The minimum atomic E-state index is -0.796. The first-order chi connectivity index (χ1) is 10.0. The first-order valence-electron chi connectivity index (χ1n) is 6.90. The Kier molecular flexibility index (Phi) is 5.03. The van der Waals surface area contributed by atoms with Crippen LogP contribution in [-0.2, 0) is 9.53 Å². The number of aliphatic hydroxyl groups excluding tert-OH is 1. The summed E-state index contributed by atoms with van der Waals surface area (Å²) in [7, 11) is 0. The van der Waals surface area contributed by atoms with E-state index in [2.05, 4.69) is 10.3 Å². The zero-order valence-electron chi connectivity index (χ0n) is 11.7. The number of nitrogens with zero attached hydrogens (tertiary/aromatic N) is 2. The molecule has 7 nitrogen and oxygen atoms in total. The zero-order chi connectivity index (χ0) is 15.4. The third-order valence-electron chi connectivity index (χ3n) is 3.24. The number of hydrogen-bond acceptors (Lipinski definition) is 5. The van der Waals surface area contributed by atoms with Crippen molar-refractivity contribution in [3.8, 4) is 0 Å². The summed E-state index contributed by atoms with van der Waals surface area (Å²) in [5, 5.41) is 11.3. The van der Waals surface area contributed by atoms with Crippen LogP contribution < -0.4 is 11.0 Å². The minimum Gasteiger partial charge on any atom is -0.394 e. The number of aromatic nitrogens is 2. The van der Waals surface area contributed by atoms with E-state index in [1.54, 1.807) is 0 Å². The van der Waals surface area contributed by atoms with Crippen molar-refractivity contribution >= 4 is 11.7 Å². The van der Waals surface area contributed by atoms with Gasteiger partial charge in [0.15, 0.2) is 11.6 Å². The summed E-state index contributed by atoms with van der Waals surface area (Å²) in [6.45, 7) is 1.67. The Bertz CT molecular complexity index is 575. The van der Waals surface area contributed by atoms with E-state index in [4.69, 9.17) is 9.84 Å². The number of nitrogens with one attached hydrogen (secondary N) is 1. The number of carbonyl (C=O) groups is 1. The topological polar surface area (TPSA) is 93.5 Å². The van der Waals surface area contributed by atoms with E-state index < -0.39 is 23.6 Å². The molecule has 2 rings (SSSR count). The molecular formula is C13H18FN3O4. The van der Waals surface area contributed by atoms with Crippen molar-refractivity contribution < 1.29 is 19.0 Å². The maximum atomic E-state index is 13.9. The fourth-order valence-corrected chi connectivity index (χ4v) is 2.19. The van der Waals surface area contributed by atoms with Gasteiger partial charge in [0, 0.05) is 6.42 Å². The lowest BCUT2D eigenvalue weighted by Crippen LogP contribution is -2.29. The average molecular weight is 299 g/mol. The highest BCUT2D eigenvalue weighted by molar-refractivity contribution is 5.89. The van der Waals surface area contributed by atoms with E-state index in [1.807, 2.05) is 6.92 Å². The molecule has 1 aromatic heterocycles. The lowest BCUT2D eigenvalue weighted by molar-refractivity contribution is -0.116. The Morgan fingerprint density at radius 2 is 2.38 bits per heavy atom. The second-order valence-electron chi connectivity index (χ2n) is 4.90. The van der Waals surface area contributed by atoms with Crippen LogP contribution in [0.25, 0.3) is 0 Å². The zero-order valence-corrected chi connectivity index (χ0v) is 11.7. The number of hydrogen-bond donors (Lipinski definition) is 2. The van der Waals surface area contributed by atoms with E-state index in [9.17, 15) is 14.0 Å². The van der Waals surface area contributed by atoms with Gasteiger partial charge in [-0.15, -0.1) is 0 Å². The molecule has 0 aliphatic carbocycles. The van der Waals surface area contributed by atoms with Crippen molar-refractivity contribution in [2.75, 3.05) is 11.9 Å². The molecule has 1 amide bonds. The van der Waals surface area contributed by atoms with E-state index >= 15 is 0 Å². The Hall–Kier alpha value is -1.80. The van der Waals surface area contributed by atoms with Gasteiger partial charge < -0.3 is 15.2 Å². The quantitative estimate of drug-likeness (QED) is 0.838. The van der Waals surface area contributed by atoms with Crippen LogP contribution in [0.4, 0.5) is 10.2 Å². The maximum absolute atomic E-state index is 13.9. The van der Waals surface area contributed by atoms with Crippen LogP contribution in [0.15, 0.2) is 11.0 Å². The molecule has 0 saturated carbocycles. The Balaban J connectivity index is 2.17. The van der Waals surface area contributed by atoms with Crippen LogP contribution in [0.1, 0.15) is 38.8 Å². The first kappa shape index (κ1) is 15.6. The fraction of sp³-hybridized carbons (Fsp3) is 0.615. The molecule has 0 radical (unpaired) electrons. The fourth-order valence-electron chi connectivity index (χ4n) is 2.19. The van der Waals surface area contributed by atoms with Gasteiger partial charge >= 0.3 is 5.69 Å². The lowest BCUT2D eigenvalue weighted by atomic mass is 10.2. The summed E-state index contributed by atoms with van der Waals surface area (Å²) in [6.07, 6.45) is 1.90. The molecule has 0 spiro atoms. The van der Waals surface area contributed by atoms with Gasteiger partial charge in [-0.3, -0.25) is 9.36 Å². The molecule has 1 aromatic rings. The monoisotopic (exact) mass is 299 g/mol. The lowest BCUT2D eigenvalue weighted by Gasteiger charge is -2.15. The molecule has 2 N–H and O–H groups in total. The van der Waals surface area contributed by atoms with Gasteiger partial charge in [0.2, 0.25) is 5.91 Å². The van der Waals surface area contributed by atoms with Crippen LogP contribution in [0, 0.1) is 5.82 Å². The second kappa shape index (κ2) is 6.77. The van der Waals surface area contributed by atoms with Crippen LogP contribution in [0.3, 0.4) is 0 Å². The molecule has 1 aliphatic rings. The van der Waals surface area contributed by atoms with Crippen molar-refractivity contribution in [1.82, 2.24) is 9.55 Å². The Morgan fingerprint density at radius 3 is 3.00 bits per heavy atom. The average Bonchev–Trinajstić information content (AvgIpc) is 2.91. The van der Waals surface area contributed by atoms with Crippen molar-refractivity contribution in [1.29, 1.82) is 0 Å². The van der Waals surface area contributed by atoms with Crippen molar-refractivity contribution in [2.45, 2.75) is 44.9 Å². The third kappa shape index (κ3) is 3.64. The molecule has 0 aromatic carbocycles. The predicted octanol–water partition coefficient (Wildman–Crippen LogP) is 0.791. The van der Waals surface area contributed by atoms with Crippen molar-refractivity contribution in [3.05, 3.63) is 22.5 Å². The predicted molar refractivity (Wildman–Crippen MR) is 72.2 cm³/mol. The summed E-state index contributed by atoms with van der Waals surface area (Å²) < 4.78 is 20.4. The second-order valence-corrected chi connectivity index (χ2v) is 4.90. The summed E-state index contributed by atoms with van der Waals surface area (Å²) in [5.74, 6) is -1.56. The highest BCUT2D eigenvalue weighted by atomic mass is 19.1. The molecule has 2 heterocycles. The highest BCUT2D eigenvalue weighted by Crippen LogP contribution is 2.27. The van der Waals surface area contributed by atoms with E-state index in [-0.39, 0.29) is 24.9 Å². The number of ether oxygens (including phenoxy) is 1.